The molecular formula is C22H20FN5O4. The molecule has 0 bridgehead atoms. The largest absolute Gasteiger partial charge is 0.371 e. The van der Waals surface area contributed by atoms with Gasteiger partial charge in [-0.05, 0) is 37.5 Å². The van der Waals surface area contributed by atoms with Crippen molar-refractivity contribution in [3.8, 4) is 0 Å². The summed E-state index contributed by atoms with van der Waals surface area (Å²) in [4.78, 5) is 35.8. The van der Waals surface area contributed by atoms with E-state index in [1.807, 2.05) is 4.90 Å². The smallest absolute Gasteiger partial charge is 0.299 e. The number of aromatic nitrogens is 3. The SMILES string of the molecule is O=C(/C(=C(/O[N+](=O)[O-])c1ccccc1)n1cncn1)c1ccc(F)cc1N1CCCCC1. The van der Waals surface area contributed by atoms with Crippen LogP contribution in [0.1, 0.15) is 35.2 Å². The summed E-state index contributed by atoms with van der Waals surface area (Å²) in [5.74, 6) is -1.37. The molecule has 0 radical (unpaired) electrons. The van der Waals surface area contributed by atoms with Gasteiger partial charge < -0.3 is 4.90 Å². The lowest BCUT2D eigenvalue weighted by atomic mass is 10.0. The standard InChI is InChI=1S/C22H20FN5O4/c23-17-9-10-18(19(13-17)26-11-5-2-6-12-26)21(29)20(27-15-24-14-25-27)22(32-28(30)31)16-7-3-1-4-8-16/h1,3-4,7-10,13-15H,2,5-6,11-12H2/b22-20-. The minimum Gasteiger partial charge on any atom is -0.371 e. The predicted molar refractivity (Wildman–Crippen MR) is 114 cm³/mol. The van der Waals surface area contributed by atoms with Gasteiger partial charge in [0.05, 0.1) is 5.69 Å². The van der Waals surface area contributed by atoms with Crippen LogP contribution in [-0.2, 0) is 4.84 Å². The van der Waals surface area contributed by atoms with Crippen LogP contribution < -0.4 is 4.90 Å². The number of benzene rings is 2. The van der Waals surface area contributed by atoms with Crippen molar-refractivity contribution in [1.29, 1.82) is 0 Å². The van der Waals surface area contributed by atoms with E-state index in [9.17, 15) is 19.3 Å². The van der Waals surface area contributed by atoms with E-state index in [0.717, 1.165) is 23.9 Å². The van der Waals surface area contributed by atoms with E-state index < -0.39 is 16.7 Å². The molecule has 0 unspecified atom stereocenters. The fraction of sp³-hybridized carbons (Fsp3) is 0.227. The Morgan fingerprint density at radius 1 is 1.09 bits per heavy atom. The van der Waals surface area contributed by atoms with E-state index in [1.54, 1.807) is 30.3 Å². The van der Waals surface area contributed by atoms with Gasteiger partial charge in [0.1, 0.15) is 24.2 Å². The Bertz CT molecular complexity index is 1140. The van der Waals surface area contributed by atoms with Gasteiger partial charge in [-0.15, -0.1) is 10.1 Å². The highest BCUT2D eigenvalue weighted by atomic mass is 19.1. The zero-order valence-electron chi connectivity index (χ0n) is 17.1. The van der Waals surface area contributed by atoms with Gasteiger partial charge in [0.2, 0.25) is 5.78 Å². The van der Waals surface area contributed by atoms with Crippen LogP contribution in [0.2, 0.25) is 0 Å². The Morgan fingerprint density at radius 3 is 2.50 bits per heavy atom. The van der Waals surface area contributed by atoms with Crippen LogP contribution in [0.25, 0.3) is 11.5 Å². The second kappa shape index (κ2) is 9.38. The van der Waals surface area contributed by atoms with Gasteiger partial charge in [0, 0.05) is 24.2 Å². The molecule has 2 aromatic carbocycles. The van der Waals surface area contributed by atoms with Crippen LogP contribution in [0, 0.1) is 15.9 Å². The first-order chi connectivity index (χ1) is 15.5. The Morgan fingerprint density at radius 2 is 1.84 bits per heavy atom. The number of rotatable bonds is 7. The summed E-state index contributed by atoms with van der Waals surface area (Å²) in [6, 6.07) is 12.1. The number of hydrogen-bond acceptors (Lipinski definition) is 7. The number of anilines is 1. The summed E-state index contributed by atoms with van der Waals surface area (Å²) in [5, 5.41) is 14.3. The summed E-state index contributed by atoms with van der Waals surface area (Å²) in [6.07, 6.45) is 5.38. The van der Waals surface area contributed by atoms with Crippen molar-refractivity contribution >= 4 is 22.9 Å². The molecule has 3 aromatic rings. The quantitative estimate of drug-likeness (QED) is 0.182. The van der Waals surface area contributed by atoms with E-state index in [2.05, 4.69) is 10.1 Å². The molecule has 4 rings (SSSR count). The summed E-state index contributed by atoms with van der Waals surface area (Å²) in [6.45, 7) is 1.37. The van der Waals surface area contributed by atoms with Gasteiger partial charge in [0.15, 0.2) is 5.76 Å². The van der Waals surface area contributed by atoms with Crippen LogP contribution in [0.3, 0.4) is 0 Å². The van der Waals surface area contributed by atoms with Crippen LogP contribution in [-0.4, -0.2) is 38.7 Å². The molecule has 9 nitrogen and oxygen atoms in total. The summed E-state index contributed by atoms with van der Waals surface area (Å²) >= 11 is 0. The maximum Gasteiger partial charge on any atom is 0.299 e. The van der Waals surface area contributed by atoms with E-state index >= 15 is 0 Å². The van der Waals surface area contributed by atoms with E-state index in [1.165, 1.54) is 30.9 Å². The van der Waals surface area contributed by atoms with Gasteiger partial charge in [-0.3, -0.25) is 9.63 Å². The first kappa shape index (κ1) is 21.2. The van der Waals surface area contributed by atoms with Crippen LogP contribution in [0.4, 0.5) is 10.1 Å². The third-order valence-corrected chi connectivity index (χ3v) is 5.18. The predicted octanol–water partition coefficient (Wildman–Crippen LogP) is 3.82. The zero-order valence-corrected chi connectivity index (χ0v) is 17.1. The molecule has 0 aliphatic carbocycles. The van der Waals surface area contributed by atoms with Crippen molar-refractivity contribution in [3.05, 3.63) is 88.2 Å². The monoisotopic (exact) mass is 437 g/mol. The third kappa shape index (κ3) is 4.48. The van der Waals surface area contributed by atoms with E-state index in [4.69, 9.17) is 4.84 Å². The summed E-state index contributed by atoms with van der Waals surface area (Å²) in [5.41, 5.74) is 0.736. The second-order valence-corrected chi connectivity index (χ2v) is 7.24. The Kier molecular flexibility index (Phi) is 6.20. The summed E-state index contributed by atoms with van der Waals surface area (Å²) in [7, 11) is 0. The molecule has 10 heteroatoms. The molecule has 32 heavy (non-hydrogen) atoms. The maximum absolute atomic E-state index is 14.1. The topological polar surface area (TPSA) is 103 Å². The number of Topliss-reactive ketones (excluding diaryl/α,β-unsaturated/α-hetero) is 1. The lowest BCUT2D eigenvalue weighted by Crippen LogP contribution is -2.31. The number of carbonyl (C=O) groups is 1. The van der Waals surface area contributed by atoms with E-state index in [0.29, 0.717) is 24.3 Å². The minimum atomic E-state index is -0.983. The lowest BCUT2D eigenvalue weighted by Gasteiger charge is -2.30. The molecule has 1 aliphatic heterocycles. The fourth-order valence-electron chi connectivity index (χ4n) is 3.75. The molecular weight excluding hydrogens is 417 g/mol. The minimum absolute atomic E-state index is 0.194. The van der Waals surface area contributed by atoms with Crippen molar-refractivity contribution < 1.29 is 19.1 Å². The third-order valence-electron chi connectivity index (χ3n) is 5.18. The average Bonchev–Trinajstić information content (AvgIpc) is 3.34. The van der Waals surface area contributed by atoms with Crippen LogP contribution >= 0.6 is 0 Å². The van der Waals surface area contributed by atoms with Gasteiger partial charge in [0.25, 0.3) is 5.09 Å². The molecule has 0 atom stereocenters. The zero-order chi connectivity index (χ0) is 22.5. The maximum atomic E-state index is 14.1. The van der Waals surface area contributed by atoms with Crippen molar-refractivity contribution in [2.45, 2.75) is 19.3 Å². The molecule has 0 saturated carbocycles. The number of nitrogens with zero attached hydrogens (tertiary/aromatic N) is 5. The van der Waals surface area contributed by atoms with Gasteiger partial charge in [-0.25, -0.2) is 14.1 Å². The molecule has 2 heterocycles. The van der Waals surface area contributed by atoms with Crippen LogP contribution in [0.5, 0.6) is 0 Å². The van der Waals surface area contributed by atoms with Gasteiger partial charge >= 0.3 is 0 Å². The van der Waals surface area contributed by atoms with Crippen molar-refractivity contribution in [2.75, 3.05) is 18.0 Å². The lowest BCUT2D eigenvalue weighted by molar-refractivity contribution is -0.730. The van der Waals surface area contributed by atoms with Crippen molar-refractivity contribution in [1.82, 2.24) is 14.8 Å². The second-order valence-electron chi connectivity index (χ2n) is 7.24. The molecule has 1 fully saturated rings. The van der Waals surface area contributed by atoms with E-state index in [-0.39, 0.29) is 17.0 Å². The molecule has 0 amide bonds. The van der Waals surface area contributed by atoms with Crippen LogP contribution in [0.15, 0.2) is 61.2 Å². The van der Waals surface area contributed by atoms with Crippen molar-refractivity contribution in [3.63, 3.8) is 0 Å². The molecule has 0 N–H and O–H groups in total. The molecule has 0 spiro atoms. The highest BCUT2D eigenvalue weighted by molar-refractivity contribution is 6.30. The normalized spacial score (nSPS) is 14.6. The Labute approximate surface area is 182 Å². The first-order valence-electron chi connectivity index (χ1n) is 10.1. The number of ketones is 1. The number of piperidine rings is 1. The molecule has 1 saturated heterocycles. The number of hydrogen-bond donors (Lipinski definition) is 0. The highest BCUT2D eigenvalue weighted by Crippen LogP contribution is 2.31. The van der Waals surface area contributed by atoms with Gasteiger partial charge in [-0.1, -0.05) is 30.3 Å². The average molecular weight is 437 g/mol. The summed E-state index contributed by atoms with van der Waals surface area (Å²) < 4.78 is 15.3. The first-order valence-corrected chi connectivity index (χ1v) is 10.1. The number of halogens is 1. The fourth-order valence-corrected chi connectivity index (χ4v) is 3.75. The molecule has 1 aliphatic rings. The number of allylic oxidation sites excluding steroid dienone is 1. The molecule has 1 aromatic heterocycles. The van der Waals surface area contributed by atoms with Crippen molar-refractivity contribution in [2.24, 2.45) is 0 Å². The van der Waals surface area contributed by atoms with Gasteiger partial charge in [-0.2, -0.15) is 5.10 Å². The Balaban J connectivity index is 1.91. The highest BCUT2D eigenvalue weighted by Gasteiger charge is 2.28. The number of carbonyl (C=O) groups excluding carboxylic acids is 1. The molecule has 164 valence electrons. The Hall–Kier alpha value is -4.08.